The fourth-order valence-electron chi connectivity index (χ4n) is 4.54. The maximum Gasteiger partial charge on any atom is 0.132 e. The van der Waals surface area contributed by atoms with Gasteiger partial charge < -0.3 is 10.2 Å². The van der Waals surface area contributed by atoms with Crippen molar-refractivity contribution in [2.45, 2.75) is 45.0 Å². The van der Waals surface area contributed by atoms with Crippen LogP contribution in [0.25, 0.3) is 15.8 Å². The molecule has 2 saturated heterocycles. The van der Waals surface area contributed by atoms with Crippen molar-refractivity contribution >= 4 is 33.3 Å². The van der Waals surface area contributed by atoms with Gasteiger partial charge in [0.15, 0.2) is 0 Å². The minimum atomic E-state index is -0.115. The predicted octanol–water partition coefficient (Wildman–Crippen LogP) is 4.80. The summed E-state index contributed by atoms with van der Waals surface area (Å²) >= 11 is 1.85. The van der Waals surface area contributed by atoms with Crippen LogP contribution in [-0.4, -0.2) is 41.6 Å². The van der Waals surface area contributed by atoms with Gasteiger partial charge in [-0.2, -0.15) is 0 Å². The van der Waals surface area contributed by atoms with Gasteiger partial charge in [0.25, 0.3) is 0 Å². The van der Waals surface area contributed by atoms with E-state index in [1.54, 1.807) is 6.07 Å². The molecule has 2 unspecified atom stereocenters. The first-order valence-electron chi connectivity index (χ1n) is 10.9. The maximum absolute atomic E-state index is 14.6. The van der Waals surface area contributed by atoms with Crippen molar-refractivity contribution in [2.75, 3.05) is 31.1 Å². The molecule has 4 heterocycles. The lowest BCUT2D eigenvalue weighted by molar-refractivity contribution is 0.157. The fraction of sp³-hybridized carbons (Fsp3) is 0.522. The zero-order valence-electron chi connectivity index (χ0n) is 17.2. The van der Waals surface area contributed by atoms with Gasteiger partial charge in [-0.1, -0.05) is 32.0 Å². The van der Waals surface area contributed by atoms with E-state index in [-0.39, 0.29) is 5.82 Å². The average Bonchev–Trinajstić information content (AvgIpc) is 3.35. The molecule has 0 amide bonds. The Morgan fingerprint density at radius 1 is 1.21 bits per heavy atom. The maximum atomic E-state index is 14.6. The van der Waals surface area contributed by atoms with Gasteiger partial charge in [-0.05, 0) is 48.9 Å². The molecule has 1 N–H and O–H groups in total. The third-order valence-corrected chi connectivity index (χ3v) is 7.85. The molecule has 2 atom stereocenters. The molecule has 0 bridgehead atoms. The zero-order valence-corrected chi connectivity index (χ0v) is 18.1. The van der Waals surface area contributed by atoms with E-state index in [1.807, 2.05) is 24.8 Å². The number of fused-ring (bicyclic) bond motifs is 1. The Kier molecular flexibility index (Phi) is 5.16. The van der Waals surface area contributed by atoms with Crippen molar-refractivity contribution in [3.63, 3.8) is 0 Å². The zero-order chi connectivity index (χ0) is 20.0. The average molecular weight is 413 g/mol. The van der Waals surface area contributed by atoms with E-state index in [9.17, 15) is 4.39 Å². The van der Waals surface area contributed by atoms with Crippen molar-refractivity contribution in [3.05, 3.63) is 41.5 Å². The molecular weight excluding hydrogens is 383 g/mol. The molecule has 154 valence electrons. The highest BCUT2D eigenvalue weighted by atomic mass is 32.2. The van der Waals surface area contributed by atoms with Crippen LogP contribution >= 0.6 is 11.8 Å². The predicted molar refractivity (Wildman–Crippen MR) is 120 cm³/mol. The number of aromatic nitrogens is 1. The standard InChI is InChI=1S/C23H29FN4S/c1-3-15-6-9-28(14-15)21-12-20(22-13-25-23(29-22)27-7-5-8-27)26-19-10-16(4-2)18(24)11-17(19)21/h10-13,15,23,25H,3-9,14H2,1-2H3. The van der Waals surface area contributed by atoms with Gasteiger partial charge in [-0.25, -0.2) is 9.37 Å². The summed E-state index contributed by atoms with van der Waals surface area (Å²) in [5.74, 6) is 0.606. The van der Waals surface area contributed by atoms with Crippen molar-refractivity contribution in [1.29, 1.82) is 0 Å². The van der Waals surface area contributed by atoms with E-state index < -0.39 is 0 Å². The molecule has 29 heavy (non-hydrogen) atoms. The molecule has 4 nitrogen and oxygen atoms in total. The number of anilines is 1. The van der Waals surface area contributed by atoms with E-state index in [0.29, 0.717) is 11.9 Å². The van der Waals surface area contributed by atoms with E-state index >= 15 is 0 Å². The number of halogens is 1. The van der Waals surface area contributed by atoms with Crippen molar-refractivity contribution in [3.8, 4) is 0 Å². The van der Waals surface area contributed by atoms with Crippen LogP contribution in [0.3, 0.4) is 0 Å². The second-order valence-electron chi connectivity index (χ2n) is 8.38. The Labute approximate surface area is 176 Å². The highest BCUT2D eigenvalue weighted by Crippen LogP contribution is 2.40. The van der Waals surface area contributed by atoms with Crippen LogP contribution in [0.2, 0.25) is 0 Å². The minimum Gasteiger partial charge on any atom is -0.371 e. The summed E-state index contributed by atoms with van der Waals surface area (Å²) < 4.78 is 14.6. The number of nitrogens with one attached hydrogen (secondary N) is 1. The molecule has 3 aliphatic rings. The molecule has 1 aromatic carbocycles. The van der Waals surface area contributed by atoms with Gasteiger partial charge in [0.05, 0.1) is 16.1 Å². The molecular formula is C23H29FN4S. The van der Waals surface area contributed by atoms with Gasteiger partial charge >= 0.3 is 0 Å². The monoisotopic (exact) mass is 412 g/mol. The second kappa shape index (κ2) is 7.80. The molecule has 0 aliphatic carbocycles. The van der Waals surface area contributed by atoms with Gasteiger partial charge in [-0.15, -0.1) is 0 Å². The number of rotatable bonds is 5. The Balaban J connectivity index is 1.55. The third-order valence-electron chi connectivity index (χ3n) is 6.61. The summed E-state index contributed by atoms with van der Waals surface area (Å²) in [6.45, 7) is 8.67. The normalized spacial score (nSPS) is 24.7. The lowest BCUT2D eigenvalue weighted by Gasteiger charge is -2.35. The topological polar surface area (TPSA) is 31.4 Å². The molecule has 5 rings (SSSR count). The van der Waals surface area contributed by atoms with E-state index in [4.69, 9.17) is 4.98 Å². The first-order chi connectivity index (χ1) is 14.2. The molecule has 2 aromatic rings. The lowest BCUT2D eigenvalue weighted by Crippen LogP contribution is -2.47. The Morgan fingerprint density at radius 3 is 2.76 bits per heavy atom. The van der Waals surface area contributed by atoms with Crippen LogP contribution in [0.1, 0.15) is 44.4 Å². The molecule has 0 spiro atoms. The van der Waals surface area contributed by atoms with Crippen molar-refractivity contribution < 1.29 is 4.39 Å². The Hall–Kier alpha value is -1.79. The number of hydrogen-bond acceptors (Lipinski definition) is 5. The first kappa shape index (κ1) is 19.2. The first-order valence-corrected chi connectivity index (χ1v) is 11.8. The SMILES string of the molecule is CCc1cc2nc(C3=CNC(N4CCC4)S3)cc(N3CCC(CC)C3)c2cc1F. The fourth-order valence-corrected chi connectivity index (χ4v) is 5.64. The van der Waals surface area contributed by atoms with Crippen LogP contribution in [-0.2, 0) is 6.42 Å². The number of aryl methyl sites for hydroxylation is 1. The number of nitrogens with zero attached hydrogens (tertiary/aromatic N) is 3. The number of benzene rings is 1. The summed E-state index contributed by atoms with van der Waals surface area (Å²) in [6.07, 6.45) is 6.48. The number of pyridine rings is 1. The highest BCUT2D eigenvalue weighted by Gasteiger charge is 2.30. The minimum absolute atomic E-state index is 0.115. The van der Waals surface area contributed by atoms with Crippen molar-refractivity contribution in [2.24, 2.45) is 5.92 Å². The Bertz CT molecular complexity index is 956. The summed E-state index contributed by atoms with van der Waals surface area (Å²) in [5, 5.41) is 4.45. The quantitative estimate of drug-likeness (QED) is 0.763. The van der Waals surface area contributed by atoms with Gasteiger partial charge in [0, 0.05) is 43.5 Å². The number of likely N-dealkylation sites (tertiary alicyclic amines) is 1. The van der Waals surface area contributed by atoms with Crippen molar-refractivity contribution in [1.82, 2.24) is 15.2 Å². The van der Waals surface area contributed by atoms with E-state index in [1.165, 1.54) is 24.2 Å². The van der Waals surface area contributed by atoms with Crippen LogP contribution in [0.15, 0.2) is 24.4 Å². The molecule has 0 radical (unpaired) electrons. The van der Waals surface area contributed by atoms with Gasteiger partial charge in [0.2, 0.25) is 0 Å². The molecule has 0 saturated carbocycles. The van der Waals surface area contributed by atoms with Gasteiger partial charge in [0.1, 0.15) is 11.3 Å². The molecule has 6 heteroatoms. The lowest BCUT2D eigenvalue weighted by atomic mass is 10.1. The highest BCUT2D eigenvalue weighted by molar-refractivity contribution is 8.09. The van der Waals surface area contributed by atoms with Crippen LogP contribution in [0.4, 0.5) is 10.1 Å². The summed E-state index contributed by atoms with van der Waals surface area (Å²) in [7, 11) is 0. The molecule has 2 fully saturated rings. The summed E-state index contributed by atoms with van der Waals surface area (Å²) in [4.78, 5) is 11.0. The number of thioether (sulfide) groups is 1. The van der Waals surface area contributed by atoms with E-state index in [2.05, 4.69) is 34.3 Å². The summed E-state index contributed by atoms with van der Waals surface area (Å²) in [6, 6.07) is 5.84. The smallest absolute Gasteiger partial charge is 0.132 e. The van der Waals surface area contributed by atoms with Crippen LogP contribution < -0.4 is 10.2 Å². The second-order valence-corrected chi connectivity index (χ2v) is 9.51. The molecule has 3 aliphatic heterocycles. The Morgan fingerprint density at radius 2 is 2.07 bits per heavy atom. The van der Waals surface area contributed by atoms with Gasteiger partial charge in [-0.3, -0.25) is 4.90 Å². The van der Waals surface area contributed by atoms with E-state index in [0.717, 1.165) is 59.9 Å². The number of hydrogen-bond donors (Lipinski definition) is 1. The molecule has 1 aromatic heterocycles. The van der Waals surface area contributed by atoms with Crippen LogP contribution in [0, 0.1) is 11.7 Å². The third kappa shape index (κ3) is 3.50. The largest absolute Gasteiger partial charge is 0.371 e. The summed E-state index contributed by atoms with van der Waals surface area (Å²) in [5.41, 5.74) is 4.10. The van der Waals surface area contributed by atoms with Crippen LogP contribution in [0.5, 0.6) is 0 Å².